The number of rotatable bonds is 7. The standard InChI is InChI=1S/C26H23N5O4S/c1-34-20-12-10-17(11-13-20)16-35-28-19-14-23(31(15-19)26(33)18-6-3-2-4-7-18)25(32)27-21-8-5-9-22-24(21)30-36-29-22/h2-13,23H,14-16H2,1H3,(H,27,32)/t23-/m0/s1. The zero-order valence-corrected chi connectivity index (χ0v) is 20.3. The Hall–Kier alpha value is -4.31. The Morgan fingerprint density at radius 1 is 1.06 bits per heavy atom. The normalized spacial score (nSPS) is 16.3. The van der Waals surface area contributed by atoms with Crippen molar-refractivity contribution in [2.75, 3.05) is 19.0 Å². The SMILES string of the molecule is COc1ccc(CON=C2C[C@@H](C(=O)Nc3cccc4nsnc34)N(C(=O)c3ccccc3)C2)cc1. The van der Waals surface area contributed by atoms with Gasteiger partial charge >= 0.3 is 0 Å². The number of oxime groups is 1. The Labute approximate surface area is 211 Å². The highest BCUT2D eigenvalue weighted by Crippen LogP contribution is 2.25. The molecular weight excluding hydrogens is 478 g/mol. The molecule has 2 heterocycles. The monoisotopic (exact) mass is 501 g/mol. The molecule has 9 nitrogen and oxygen atoms in total. The Bertz CT molecular complexity index is 1400. The van der Waals surface area contributed by atoms with Crippen molar-refractivity contribution in [2.45, 2.75) is 19.1 Å². The highest BCUT2D eigenvalue weighted by molar-refractivity contribution is 7.00. The summed E-state index contributed by atoms with van der Waals surface area (Å²) in [6, 6.07) is 21.0. The van der Waals surface area contributed by atoms with Crippen LogP contribution in [-0.2, 0) is 16.2 Å². The van der Waals surface area contributed by atoms with Gasteiger partial charge in [0.1, 0.15) is 29.4 Å². The van der Waals surface area contributed by atoms with Crippen LogP contribution in [0.25, 0.3) is 11.0 Å². The van der Waals surface area contributed by atoms with E-state index in [0.29, 0.717) is 28.0 Å². The van der Waals surface area contributed by atoms with Gasteiger partial charge in [0.2, 0.25) is 5.91 Å². The maximum atomic E-state index is 13.4. The number of hydrogen-bond acceptors (Lipinski definition) is 8. The van der Waals surface area contributed by atoms with Crippen LogP contribution in [0.3, 0.4) is 0 Å². The van der Waals surface area contributed by atoms with Crippen LogP contribution < -0.4 is 10.1 Å². The van der Waals surface area contributed by atoms with Crippen LogP contribution in [-0.4, -0.2) is 50.9 Å². The molecule has 1 aliphatic heterocycles. The molecule has 1 aromatic heterocycles. The van der Waals surface area contributed by atoms with Crippen molar-refractivity contribution >= 4 is 46.0 Å². The van der Waals surface area contributed by atoms with E-state index in [1.54, 1.807) is 43.5 Å². The van der Waals surface area contributed by atoms with E-state index in [4.69, 9.17) is 9.57 Å². The van der Waals surface area contributed by atoms with E-state index < -0.39 is 6.04 Å². The minimum atomic E-state index is -0.747. The summed E-state index contributed by atoms with van der Waals surface area (Å²) in [6.45, 7) is 0.451. The summed E-state index contributed by atoms with van der Waals surface area (Å²) in [7, 11) is 1.61. The molecule has 1 fully saturated rings. The second-order valence-electron chi connectivity index (χ2n) is 8.22. The zero-order valence-electron chi connectivity index (χ0n) is 19.5. The van der Waals surface area contributed by atoms with Crippen molar-refractivity contribution in [2.24, 2.45) is 5.16 Å². The molecule has 3 aromatic carbocycles. The summed E-state index contributed by atoms with van der Waals surface area (Å²) < 4.78 is 13.7. The number of amides is 2. The Morgan fingerprint density at radius 3 is 2.64 bits per heavy atom. The Morgan fingerprint density at radius 2 is 1.86 bits per heavy atom. The minimum Gasteiger partial charge on any atom is -0.497 e. The van der Waals surface area contributed by atoms with E-state index in [-0.39, 0.29) is 31.4 Å². The number of likely N-dealkylation sites (tertiary alicyclic amines) is 1. The number of anilines is 1. The van der Waals surface area contributed by atoms with Crippen LogP contribution in [0.5, 0.6) is 5.75 Å². The third-order valence-corrected chi connectivity index (χ3v) is 6.41. The van der Waals surface area contributed by atoms with Gasteiger partial charge in [0.15, 0.2) is 0 Å². The number of fused-ring (bicyclic) bond motifs is 1. The number of hydrogen-bond donors (Lipinski definition) is 1. The first kappa shape index (κ1) is 23.4. The lowest BCUT2D eigenvalue weighted by Crippen LogP contribution is -2.43. The maximum Gasteiger partial charge on any atom is 0.254 e. The van der Waals surface area contributed by atoms with Crippen molar-refractivity contribution in [1.29, 1.82) is 0 Å². The van der Waals surface area contributed by atoms with Gasteiger partial charge in [0.25, 0.3) is 5.91 Å². The largest absolute Gasteiger partial charge is 0.497 e. The zero-order chi connectivity index (χ0) is 24.9. The van der Waals surface area contributed by atoms with Gasteiger partial charge in [0, 0.05) is 12.0 Å². The number of methoxy groups -OCH3 is 1. The quantitative estimate of drug-likeness (QED) is 0.382. The number of nitrogens with one attached hydrogen (secondary N) is 1. The molecular formula is C26H23N5O4S. The smallest absolute Gasteiger partial charge is 0.254 e. The van der Waals surface area contributed by atoms with Crippen LogP contribution in [0.2, 0.25) is 0 Å². The molecule has 4 aromatic rings. The molecule has 36 heavy (non-hydrogen) atoms. The van der Waals surface area contributed by atoms with E-state index >= 15 is 0 Å². The summed E-state index contributed by atoms with van der Waals surface area (Å²) in [4.78, 5) is 33.8. The third kappa shape index (κ3) is 5.03. The van der Waals surface area contributed by atoms with E-state index in [2.05, 4.69) is 19.2 Å². The summed E-state index contributed by atoms with van der Waals surface area (Å²) in [5.41, 5.74) is 3.92. The van der Waals surface area contributed by atoms with Crippen molar-refractivity contribution in [3.8, 4) is 5.75 Å². The van der Waals surface area contributed by atoms with Gasteiger partial charge in [-0.15, -0.1) is 0 Å². The van der Waals surface area contributed by atoms with E-state index in [1.807, 2.05) is 36.4 Å². The predicted molar refractivity (Wildman–Crippen MR) is 137 cm³/mol. The van der Waals surface area contributed by atoms with Crippen molar-refractivity contribution in [3.63, 3.8) is 0 Å². The molecule has 2 amide bonds. The number of aromatic nitrogens is 2. The minimum absolute atomic E-state index is 0.191. The van der Waals surface area contributed by atoms with Gasteiger partial charge in [-0.3, -0.25) is 9.59 Å². The summed E-state index contributed by atoms with van der Waals surface area (Å²) in [5.74, 6) is 0.193. The maximum absolute atomic E-state index is 13.4. The molecule has 0 bridgehead atoms. The van der Waals surface area contributed by atoms with Crippen molar-refractivity contribution in [3.05, 3.63) is 83.9 Å². The van der Waals surface area contributed by atoms with Gasteiger partial charge in [-0.2, -0.15) is 8.75 Å². The molecule has 0 aliphatic carbocycles. The molecule has 10 heteroatoms. The van der Waals surface area contributed by atoms with E-state index in [1.165, 1.54) is 4.90 Å². The number of carbonyl (C=O) groups excluding carboxylic acids is 2. The van der Waals surface area contributed by atoms with Crippen LogP contribution in [0.15, 0.2) is 78.0 Å². The fourth-order valence-corrected chi connectivity index (χ4v) is 4.56. The lowest BCUT2D eigenvalue weighted by molar-refractivity contribution is -0.119. The molecule has 182 valence electrons. The fourth-order valence-electron chi connectivity index (χ4n) is 4.01. The molecule has 1 atom stereocenters. The molecule has 0 unspecified atom stereocenters. The third-order valence-electron chi connectivity index (χ3n) is 5.87. The molecule has 0 saturated carbocycles. The lowest BCUT2D eigenvalue weighted by Gasteiger charge is -2.23. The van der Waals surface area contributed by atoms with Gasteiger partial charge in [-0.05, 0) is 42.0 Å². The predicted octanol–water partition coefficient (Wildman–Crippen LogP) is 4.13. The average Bonchev–Trinajstić information content (AvgIpc) is 3.57. The average molecular weight is 502 g/mol. The van der Waals surface area contributed by atoms with Gasteiger partial charge in [0.05, 0.1) is 36.8 Å². The number of nitrogens with zero attached hydrogens (tertiary/aromatic N) is 4. The summed E-state index contributed by atoms with van der Waals surface area (Å²) in [6.07, 6.45) is 0.262. The first-order valence-electron chi connectivity index (χ1n) is 11.3. The topological polar surface area (TPSA) is 106 Å². The van der Waals surface area contributed by atoms with E-state index in [0.717, 1.165) is 23.0 Å². The van der Waals surface area contributed by atoms with Gasteiger partial charge in [-0.25, -0.2) is 0 Å². The molecule has 1 saturated heterocycles. The molecule has 0 radical (unpaired) electrons. The van der Waals surface area contributed by atoms with E-state index in [9.17, 15) is 9.59 Å². The van der Waals surface area contributed by atoms with Gasteiger partial charge in [-0.1, -0.05) is 41.6 Å². The van der Waals surface area contributed by atoms with Crippen molar-refractivity contribution in [1.82, 2.24) is 13.6 Å². The molecule has 1 aliphatic rings. The second-order valence-corrected chi connectivity index (χ2v) is 8.75. The first-order valence-corrected chi connectivity index (χ1v) is 12.0. The Kier molecular flexibility index (Phi) is 6.85. The number of carbonyl (C=O) groups is 2. The summed E-state index contributed by atoms with van der Waals surface area (Å²) in [5, 5.41) is 7.19. The molecule has 5 rings (SSSR count). The number of benzene rings is 3. The van der Waals surface area contributed by atoms with Gasteiger partial charge < -0.3 is 19.8 Å². The van der Waals surface area contributed by atoms with Crippen LogP contribution in [0.4, 0.5) is 5.69 Å². The van der Waals surface area contributed by atoms with Crippen molar-refractivity contribution < 1.29 is 19.2 Å². The molecule has 0 spiro atoms. The summed E-state index contributed by atoms with van der Waals surface area (Å²) >= 11 is 1.08. The second kappa shape index (κ2) is 10.5. The number of ether oxygens (including phenoxy) is 1. The molecule has 1 N–H and O–H groups in total. The fraction of sp³-hybridized carbons (Fsp3) is 0.192. The van der Waals surface area contributed by atoms with Crippen LogP contribution in [0.1, 0.15) is 22.3 Å². The first-order chi connectivity index (χ1) is 17.6. The lowest BCUT2D eigenvalue weighted by atomic mass is 10.1. The van der Waals surface area contributed by atoms with Crippen LogP contribution >= 0.6 is 11.7 Å². The Balaban J connectivity index is 1.34. The van der Waals surface area contributed by atoms with Crippen LogP contribution in [0, 0.1) is 0 Å². The highest BCUT2D eigenvalue weighted by atomic mass is 32.1. The highest BCUT2D eigenvalue weighted by Gasteiger charge is 2.38.